The molecular weight excluding hydrogens is 211 g/mol. The molecule has 1 aromatic heterocycles. The van der Waals surface area contributed by atoms with Crippen molar-refractivity contribution in [2.75, 3.05) is 0 Å². The molecule has 1 unspecified atom stereocenters. The topological polar surface area (TPSA) is 50.2 Å². The van der Waals surface area contributed by atoms with Gasteiger partial charge in [0.05, 0.1) is 12.3 Å². The number of carboxylic acid groups (broad SMARTS) is 1. The molecule has 0 fully saturated rings. The fourth-order valence-corrected chi connectivity index (χ4v) is 1.15. The maximum atomic E-state index is 12.5. The lowest BCUT2D eigenvalue weighted by molar-refractivity contribution is -0.138. The van der Waals surface area contributed by atoms with Crippen LogP contribution in [0.25, 0.3) is 0 Å². The summed E-state index contributed by atoms with van der Waals surface area (Å²) in [5.41, 5.74) is 0.0220. The highest BCUT2D eigenvalue weighted by Gasteiger charge is 2.25. The molecule has 1 rings (SSSR count). The van der Waals surface area contributed by atoms with Crippen molar-refractivity contribution in [2.24, 2.45) is 0 Å². The lowest BCUT2D eigenvalue weighted by atomic mass is 9.98. The number of nitrogens with zero attached hydrogens (tertiary/aromatic N) is 1. The van der Waals surface area contributed by atoms with E-state index in [1.807, 2.05) is 0 Å². The number of carbonyl (C=O) groups is 1. The second-order valence-corrected chi connectivity index (χ2v) is 2.95. The van der Waals surface area contributed by atoms with E-state index in [4.69, 9.17) is 5.11 Å². The van der Waals surface area contributed by atoms with Crippen molar-refractivity contribution in [3.63, 3.8) is 0 Å². The predicted octanol–water partition coefficient (Wildman–Crippen LogP) is 2.04. The highest BCUT2D eigenvalue weighted by atomic mass is 19.3. The standard InChI is InChI=1S/C9H8F3NO2/c10-7-2-1-5(4-13-7)6(9(11)12)3-8(14)15/h1-2,4,6,9H,3H2,(H,14,15). The van der Waals surface area contributed by atoms with Gasteiger partial charge in [0.1, 0.15) is 0 Å². The number of hydrogen-bond donors (Lipinski definition) is 1. The van der Waals surface area contributed by atoms with E-state index in [9.17, 15) is 18.0 Å². The van der Waals surface area contributed by atoms with Crippen LogP contribution in [-0.2, 0) is 4.79 Å². The van der Waals surface area contributed by atoms with Crippen LogP contribution in [-0.4, -0.2) is 22.5 Å². The van der Waals surface area contributed by atoms with Gasteiger partial charge < -0.3 is 5.11 Å². The third-order valence-corrected chi connectivity index (χ3v) is 1.88. The summed E-state index contributed by atoms with van der Waals surface area (Å²) in [5, 5.41) is 8.42. The molecule has 1 N–H and O–H groups in total. The number of carboxylic acids is 1. The summed E-state index contributed by atoms with van der Waals surface area (Å²) in [4.78, 5) is 13.5. The minimum absolute atomic E-state index is 0.0220. The number of halogens is 3. The van der Waals surface area contributed by atoms with Crippen LogP contribution in [0.3, 0.4) is 0 Å². The number of aliphatic carboxylic acids is 1. The zero-order chi connectivity index (χ0) is 11.4. The number of pyridine rings is 1. The molecule has 1 aromatic rings. The van der Waals surface area contributed by atoms with Gasteiger partial charge in [-0.05, 0) is 11.6 Å². The van der Waals surface area contributed by atoms with Gasteiger partial charge in [0.15, 0.2) is 0 Å². The first-order chi connectivity index (χ1) is 7.00. The molecule has 0 radical (unpaired) electrons. The highest BCUT2D eigenvalue weighted by molar-refractivity contribution is 5.68. The van der Waals surface area contributed by atoms with Crippen LogP contribution in [0.15, 0.2) is 18.3 Å². The van der Waals surface area contributed by atoms with Gasteiger partial charge in [-0.1, -0.05) is 6.07 Å². The zero-order valence-corrected chi connectivity index (χ0v) is 7.53. The fraction of sp³-hybridized carbons (Fsp3) is 0.333. The van der Waals surface area contributed by atoms with Gasteiger partial charge >= 0.3 is 5.97 Å². The van der Waals surface area contributed by atoms with Crippen LogP contribution in [0.4, 0.5) is 13.2 Å². The summed E-state index contributed by atoms with van der Waals surface area (Å²) in [6.45, 7) is 0. The molecule has 3 nitrogen and oxygen atoms in total. The van der Waals surface area contributed by atoms with Crippen molar-refractivity contribution in [3.8, 4) is 0 Å². The SMILES string of the molecule is O=C(O)CC(c1ccc(F)nc1)C(F)F. The Balaban J connectivity index is 2.88. The molecule has 0 amide bonds. The van der Waals surface area contributed by atoms with Crippen molar-refractivity contribution in [3.05, 3.63) is 29.8 Å². The predicted molar refractivity (Wildman–Crippen MR) is 45.2 cm³/mol. The first-order valence-electron chi connectivity index (χ1n) is 4.12. The maximum absolute atomic E-state index is 12.5. The second-order valence-electron chi connectivity index (χ2n) is 2.95. The Labute approximate surface area is 83.6 Å². The van der Waals surface area contributed by atoms with E-state index in [1.165, 1.54) is 0 Å². The van der Waals surface area contributed by atoms with E-state index in [2.05, 4.69) is 4.98 Å². The molecule has 15 heavy (non-hydrogen) atoms. The molecule has 0 aliphatic rings. The van der Waals surface area contributed by atoms with Crippen molar-refractivity contribution >= 4 is 5.97 Å². The Bertz CT molecular complexity index is 340. The normalized spacial score (nSPS) is 12.8. The Morgan fingerprint density at radius 2 is 2.13 bits per heavy atom. The van der Waals surface area contributed by atoms with Crippen LogP contribution in [0.2, 0.25) is 0 Å². The van der Waals surface area contributed by atoms with E-state index < -0.39 is 30.7 Å². The first kappa shape index (κ1) is 11.5. The van der Waals surface area contributed by atoms with Crippen LogP contribution < -0.4 is 0 Å². The summed E-state index contributed by atoms with van der Waals surface area (Å²) >= 11 is 0. The molecule has 0 saturated carbocycles. The van der Waals surface area contributed by atoms with E-state index >= 15 is 0 Å². The minimum atomic E-state index is -2.81. The van der Waals surface area contributed by atoms with Crippen LogP contribution >= 0.6 is 0 Å². The lowest BCUT2D eigenvalue weighted by Crippen LogP contribution is -2.14. The zero-order valence-electron chi connectivity index (χ0n) is 7.53. The molecule has 0 saturated heterocycles. The third kappa shape index (κ3) is 3.23. The Hall–Kier alpha value is -1.59. The van der Waals surface area contributed by atoms with Crippen LogP contribution in [0, 0.1) is 5.95 Å². The number of aromatic nitrogens is 1. The molecule has 1 heterocycles. The monoisotopic (exact) mass is 219 g/mol. The average molecular weight is 219 g/mol. The van der Waals surface area contributed by atoms with Crippen LogP contribution in [0.1, 0.15) is 17.9 Å². The summed E-state index contributed by atoms with van der Waals surface area (Å²) in [6.07, 6.45) is -2.59. The van der Waals surface area contributed by atoms with E-state index in [1.54, 1.807) is 0 Å². The summed E-state index contributed by atoms with van der Waals surface area (Å²) in [5.74, 6) is -3.57. The van der Waals surface area contributed by atoms with E-state index in [0.717, 1.165) is 18.3 Å². The lowest BCUT2D eigenvalue weighted by Gasteiger charge is -2.13. The second kappa shape index (κ2) is 4.77. The van der Waals surface area contributed by atoms with Crippen molar-refractivity contribution in [1.29, 1.82) is 0 Å². The molecule has 0 aliphatic heterocycles. The van der Waals surface area contributed by atoms with Crippen molar-refractivity contribution < 1.29 is 23.1 Å². The minimum Gasteiger partial charge on any atom is -0.481 e. The Kier molecular flexibility index (Phi) is 3.65. The molecule has 0 aromatic carbocycles. The summed E-state index contributed by atoms with van der Waals surface area (Å²) in [6, 6.07) is 2.04. The van der Waals surface area contributed by atoms with Gasteiger partial charge in [0.25, 0.3) is 0 Å². The summed E-state index contributed by atoms with van der Waals surface area (Å²) in [7, 11) is 0. The van der Waals surface area contributed by atoms with Crippen molar-refractivity contribution in [2.45, 2.75) is 18.8 Å². The third-order valence-electron chi connectivity index (χ3n) is 1.88. The number of rotatable bonds is 4. The maximum Gasteiger partial charge on any atom is 0.304 e. The van der Waals surface area contributed by atoms with Gasteiger partial charge in [0.2, 0.25) is 12.4 Å². The molecule has 0 bridgehead atoms. The van der Waals surface area contributed by atoms with E-state index in [-0.39, 0.29) is 5.56 Å². The van der Waals surface area contributed by atoms with Crippen LogP contribution in [0.5, 0.6) is 0 Å². The van der Waals surface area contributed by atoms with E-state index in [0.29, 0.717) is 0 Å². The van der Waals surface area contributed by atoms with Gasteiger partial charge in [-0.15, -0.1) is 0 Å². The van der Waals surface area contributed by atoms with Gasteiger partial charge in [0, 0.05) is 6.20 Å². The molecule has 6 heteroatoms. The summed E-state index contributed by atoms with van der Waals surface area (Å²) < 4.78 is 37.3. The number of alkyl halides is 2. The largest absolute Gasteiger partial charge is 0.481 e. The number of hydrogen-bond acceptors (Lipinski definition) is 2. The average Bonchev–Trinajstić information content (AvgIpc) is 2.15. The van der Waals surface area contributed by atoms with Crippen molar-refractivity contribution in [1.82, 2.24) is 4.98 Å². The molecule has 82 valence electrons. The Morgan fingerprint density at radius 3 is 2.53 bits per heavy atom. The Morgan fingerprint density at radius 1 is 1.47 bits per heavy atom. The smallest absolute Gasteiger partial charge is 0.304 e. The van der Waals surface area contributed by atoms with Gasteiger partial charge in [-0.25, -0.2) is 13.8 Å². The van der Waals surface area contributed by atoms with Gasteiger partial charge in [-0.2, -0.15) is 4.39 Å². The molecule has 1 atom stereocenters. The molecular formula is C9H8F3NO2. The first-order valence-corrected chi connectivity index (χ1v) is 4.12. The fourth-order valence-electron chi connectivity index (χ4n) is 1.15. The highest BCUT2D eigenvalue weighted by Crippen LogP contribution is 2.26. The quantitative estimate of drug-likeness (QED) is 0.788. The molecule has 0 spiro atoms. The van der Waals surface area contributed by atoms with Gasteiger partial charge in [-0.3, -0.25) is 4.79 Å². The molecule has 0 aliphatic carbocycles.